The van der Waals surface area contributed by atoms with E-state index in [1.165, 1.54) is 22.0 Å². The molecule has 3 heterocycles. The average molecular weight is 380 g/mol. The smallest absolute Gasteiger partial charge is 0.191 e. The number of rotatable bonds is 5. The van der Waals surface area contributed by atoms with E-state index in [4.69, 9.17) is 4.99 Å². The van der Waals surface area contributed by atoms with Gasteiger partial charge in [0.2, 0.25) is 0 Å². The van der Waals surface area contributed by atoms with Crippen LogP contribution >= 0.6 is 0 Å². The van der Waals surface area contributed by atoms with Gasteiger partial charge in [0, 0.05) is 36.7 Å². The lowest BCUT2D eigenvalue weighted by Gasteiger charge is -2.25. The van der Waals surface area contributed by atoms with Crippen LogP contribution in [0.4, 0.5) is 0 Å². The fourth-order valence-electron chi connectivity index (χ4n) is 3.95. The van der Waals surface area contributed by atoms with Gasteiger partial charge in [-0.1, -0.05) is 18.2 Å². The molecule has 0 fully saturated rings. The van der Waals surface area contributed by atoms with Gasteiger partial charge in [0.1, 0.15) is 11.6 Å². The number of nitrogens with one attached hydrogen (secondary N) is 3. The van der Waals surface area contributed by atoms with Crippen molar-refractivity contribution >= 4 is 16.9 Å². The maximum atomic E-state index is 4.81. The van der Waals surface area contributed by atoms with Crippen molar-refractivity contribution in [2.45, 2.75) is 52.6 Å². The van der Waals surface area contributed by atoms with Crippen LogP contribution in [0.25, 0.3) is 10.9 Å². The van der Waals surface area contributed by atoms with Crippen molar-refractivity contribution in [1.29, 1.82) is 0 Å². The molecule has 3 N–H and O–H groups in total. The summed E-state index contributed by atoms with van der Waals surface area (Å²) in [6.45, 7) is 8.68. The molecule has 7 heteroatoms. The summed E-state index contributed by atoms with van der Waals surface area (Å²) < 4.78 is 2.02. The highest BCUT2D eigenvalue weighted by Crippen LogP contribution is 2.23. The van der Waals surface area contributed by atoms with Gasteiger partial charge in [-0.2, -0.15) is 5.10 Å². The summed E-state index contributed by atoms with van der Waals surface area (Å²) in [5, 5.41) is 12.7. The fourth-order valence-corrected chi connectivity index (χ4v) is 3.95. The Morgan fingerprint density at radius 1 is 1.36 bits per heavy atom. The molecule has 2 aromatic heterocycles. The van der Waals surface area contributed by atoms with Crippen LogP contribution in [0.1, 0.15) is 48.6 Å². The van der Waals surface area contributed by atoms with Crippen molar-refractivity contribution in [3.63, 3.8) is 0 Å². The number of para-hydroxylation sites is 1. The number of benzene rings is 1. The van der Waals surface area contributed by atoms with E-state index < -0.39 is 0 Å². The Bertz CT molecular complexity index is 982. The van der Waals surface area contributed by atoms with Crippen molar-refractivity contribution < 1.29 is 0 Å². The zero-order valence-electron chi connectivity index (χ0n) is 16.9. The van der Waals surface area contributed by atoms with Crippen LogP contribution in [-0.4, -0.2) is 38.8 Å². The van der Waals surface area contributed by atoms with Crippen LogP contribution in [-0.2, 0) is 13.0 Å². The first-order valence-electron chi connectivity index (χ1n) is 10.2. The van der Waals surface area contributed by atoms with Gasteiger partial charge in [-0.25, -0.2) is 9.67 Å². The first-order chi connectivity index (χ1) is 13.7. The Morgan fingerprint density at radius 3 is 3.11 bits per heavy atom. The van der Waals surface area contributed by atoms with E-state index in [1.807, 2.05) is 11.6 Å². The molecular formula is C21H29N7. The van der Waals surface area contributed by atoms with Gasteiger partial charge in [-0.3, -0.25) is 4.99 Å². The molecule has 0 saturated heterocycles. The zero-order chi connectivity index (χ0) is 19.5. The third-order valence-electron chi connectivity index (χ3n) is 5.30. The molecule has 28 heavy (non-hydrogen) atoms. The number of aliphatic imine (C=N–C) groups is 1. The van der Waals surface area contributed by atoms with E-state index >= 15 is 0 Å². The Kier molecular flexibility index (Phi) is 5.32. The van der Waals surface area contributed by atoms with Crippen LogP contribution in [0.15, 0.2) is 29.4 Å². The topological polar surface area (TPSA) is 82.9 Å². The van der Waals surface area contributed by atoms with Gasteiger partial charge < -0.3 is 15.6 Å². The summed E-state index contributed by atoms with van der Waals surface area (Å²) in [5.74, 6) is 2.69. The van der Waals surface area contributed by atoms with Crippen LogP contribution in [0.5, 0.6) is 0 Å². The number of aryl methyl sites for hydroxylation is 3. The van der Waals surface area contributed by atoms with Gasteiger partial charge in [0.25, 0.3) is 0 Å². The molecule has 0 spiro atoms. The maximum Gasteiger partial charge on any atom is 0.191 e. The molecular weight excluding hydrogens is 350 g/mol. The maximum absolute atomic E-state index is 4.81. The molecule has 0 aliphatic carbocycles. The molecule has 148 valence electrons. The minimum atomic E-state index is 0.156. The van der Waals surface area contributed by atoms with Gasteiger partial charge in [-0.05, 0) is 51.2 Å². The lowest BCUT2D eigenvalue weighted by Crippen LogP contribution is -2.41. The number of hydrogen-bond acceptors (Lipinski definition) is 3. The lowest BCUT2D eigenvalue weighted by molar-refractivity contribution is 0.397. The highest BCUT2D eigenvalue weighted by atomic mass is 15.4. The van der Waals surface area contributed by atoms with Crippen molar-refractivity contribution in [2.24, 2.45) is 4.99 Å². The molecule has 0 bridgehead atoms. The van der Waals surface area contributed by atoms with E-state index in [2.05, 4.69) is 63.9 Å². The number of hydrogen-bond donors (Lipinski definition) is 3. The summed E-state index contributed by atoms with van der Waals surface area (Å²) in [6, 6.07) is 6.59. The summed E-state index contributed by atoms with van der Waals surface area (Å²) in [4.78, 5) is 12.8. The third-order valence-corrected chi connectivity index (χ3v) is 5.30. The van der Waals surface area contributed by atoms with E-state index in [1.54, 1.807) is 0 Å². The monoisotopic (exact) mass is 379 g/mol. The molecule has 1 atom stereocenters. The largest absolute Gasteiger partial charge is 0.361 e. The second-order valence-corrected chi connectivity index (χ2v) is 7.40. The lowest BCUT2D eigenvalue weighted by atomic mass is 10.1. The second-order valence-electron chi connectivity index (χ2n) is 7.40. The Labute approximate surface area is 165 Å². The average Bonchev–Trinajstić information content (AvgIpc) is 3.26. The third kappa shape index (κ3) is 3.74. The van der Waals surface area contributed by atoms with Gasteiger partial charge in [-0.15, -0.1) is 0 Å². The van der Waals surface area contributed by atoms with Crippen LogP contribution in [0, 0.1) is 13.8 Å². The minimum Gasteiger partial charge on any atom is -0.361 e. The van der Waals surface area contributed by atoms with Crippen molar-refractivity contribution in [3.8, 4) is 0 Å². The number of aromatic nitrogens is 4. The van der Waals surface area contributed by atoms with E-state index in [0.717, 1.165) is 56.5 Å². The molecule has 1 unspecified atom stereocenters. The first-order valence-corrected chi connectivity index (χ1v) is 10.2. The summed E-state index contributed by atoms with van der Waals surface area (Å²) in [7, 11) is 0. The van der Waals surface area contributed by atoms with Crippen molar-refractivity contribution in [3.05, 3.63) is 47.2 Å². The molecule has 1 aromatic carbocycles. The van der Waals surface area contributed by atoms with Crippen LogP contribution < -0.4 is 10.6 Å². The Morgan fingerprint density at radius 2 is 2.25 bits per heavy atom. The highest BCUT2D eigenvalue weighted by Gasteiger charge is 2.24. The molecule has 3 aromatic rings. The van der Waals surface area contributed by atoms with Gasteiger partial charge in [0.15, 0.2) is 5.96 Å². The summed E-state index contributed by atoms with van der Waals surface area (Å²) >= 11 is 0. The molecule has 4 rings (SSSR count). The zero-order valence-corrected chi connectivity index (χ0v) is 16.9. The second kappa shape index (κ2) is 8.04. The molecule has 0 amide bonds. The molecule has 7 nitrogen and oxygen atoms in total. The number of fused-ring (bicyclic) bond motifs is 2. The van der Waals surface area contributed by atoms with Gasteiger partial charge >= 0.3 is 0 Å². The van der Waals surface area contributed by atoms with E-state index in [0.29, 0.717) is 0 Å². The Balaban J connectivity index is 1.46. The predicted octanol–water partition coefficient (Wildman–Crippen LogP) is 3.01. The van der Waals surface area contributed by atoms with E-state index in [-0.39, 0.29) is 6.04 Å². The van der Waals surface area contributed by atoms with E-state index in [9.17, 15) is 0 Å². The molecule has 1 aliphatic rings. The minimum absolute atomic E-state index is 0.156. The molecule has 0 radical (unpaired) electrons. The number of guanidine groups is 1. The number of H-pyrrole nitrogens is 1. The first kappa shape index (κ1) is 18.5. The molecule has 1 aliphatic heterocycles. The predicted molar refractivity (Wildman–Crippen MR) is 113 cm³/mol. The fraction of sp³-hybridized carbons (Fsp3) is 0.476. The molecule has 0 saturated carbocycles. The number of aromatic amines is 1. The SMILES string of the molecule is CCNC(=NCCc1c[nH]c2c(C)cccc12)NC1CCCn2nc(C)nc21. The standard InChI is InChI=1S/C21H29N7/c1-4-22-21(26-18-9-6-12-28-20(18)25-15(3)27-28)23-11-10-16-13-24-19-14(2)7-5-8-17(16)19/h5,7-8,13,18,24H,4,6,9-12H2,1-3H3,(H2,22,23,26). The van der Waals surface area contributed by atoms with Crippen LogP contribution in [0.3, 0.4) is 0 Å². The highest BCUT2D eigenvalue weighted by molar-refractivity contribution is 5.86. The summed E-state index contributed by atoms with van der Waals surface area (Å²) in [6.07, 6.45) is 5.16. The quantitative estimate of drug-likeness (QED) is 0.470. The Hall–Kier alpha value is -2.83. The summed E-state index contributed by atoms with van der Waals surface area (Å²) in [5.41, 5.74) is 3.81. The van der Waals surface area contributed by atoms with Crippen molar-refractivity contribution in [2.75, 3.05) is 13.1 Å². The van der Waals surface area contributed by atoms with Crippen LogP contribution in [0.2, 0.25) is 0 Å². The number of nitrogens with zero attached hydrogens (tertiary/aromatic N) is 4. The van der Waals surface area contributed by atoms with Crippen molar-refractivity contribution in [1.82, 2.24) is 30.4 Å². The normalized spacial score (nSPS) is 17.0. The van der Waals surface area contributed by atoms with Gasteiger partial charge in [0.05, 0.1) is 6.04 Å².